The fourth-order valence-electron chi connectivity index (χ4n) is 5.02. The highest BCUT2D eigenvalue weighted by molar-refractivity contribution is 5.80. The number of piperidine rings is 1. The maximum atomic E-state index is 13.0. The molecule has 0 spiro atoms. The highest BCUT2D eigenvalue weighted by Gasteiger charge is 2.22. The van der Waals surface area contributed by atoms with Gasteiger partial charge in [-0.15, -0.1) is 5.10 Å². The monoisotopic (exact) mass is 518 g/mol. The third kappa shape index (κ3) is 12.9. The molecule has 8 heteroatoms. The Morgan fingerprint density at radius 2 is 1.65 bits per heavy atom. The molecule has 1 aliphatic rings. The first-order valence-corrected chi connectivity index (χ1v) is 15.2. The van der Waals surface area contributed by atoms with Crippen LogP contribution in [-0.2, 0) is 16.0 Å². The number of nitrogens with one attached hydrogen (secondary N) is 1. The van der Waals surface area contributed by atoms with Gasteiger partial charge >= 0.3 is 0 Å². The van der Waals surface area contributed by atoms with Gasteiger partial charge in [0.2, 0.25) is 11.8 Å². The van der Waals surface area contributed by atoms with Gasteiger partial charge in [-0.2, -0.15) is 0 Å². The number of rotatable bonds is 20. The maximum Gasteiger partial charge on any atom is 0.244 e. The van der Waals surface area contributed by atoms with Gasteiger partial charge in [-0.1, -0.05) is 64.0 Å². The van der Waals surface area contributed by atoms with Crippen molar-refractivity contribution in [1.29, 1.82) is 0 Å². The van der Waals surface area contributed by atoms with Crippen molar-refractivity contribution in [3.63, 3.8) is 0 Å². The number of carbonyl (C=O) groups is 2. The molecule has 8 nitrogen and oxygen atoms in total. The van der Waals surface area contributed by atoms with Crippen LogP contribution in [0.1, 0.15) is 128 Å². The minimum Gasteiger partial charge on any atom is -0.354 e. The van der Waals surface area contributed by atoms with Crippen molar-refractivity contribution in [2.45, 2.75) is 129 Å². The third-order valence-electron chi connectivity index (χ3n) is 7.69. The van der Waals surface area contributed by atoms with Crippen LogP contribution in [-0.4, -0.2) is 57.9 Å². The number of unbranched alkanes of at least 4 members (excludes halogenated alkanes) is 8. The third-order valence-corrected chi connectivity index (χ3v) is 7.69. The maximum absolute atomic E-state index is 13.0. The van der Waals surface area contributed by atoms with Crippen LogP contribution in [0.2, 0.25) is 0 Å². The fourth-order valence-corrected chi connectivity index (χ4v) is 5.02. The highest BCUT2D eigenvalue weighted by atomic mass is 16.2. The molecular formula is C29H54N6O2. The molecule has 1 fully saturated rings. The first-order valence-electron chi connectivity index (χ1n) is 15.2. The van der Waals surface area contributed by atoms with Crippen LogP contribution in [0, 0.1) is 5.92 Å². The predicted molar refractivity (Wildman–Crippen MR) is 150 cm³/mol. The summed E-state index contributed by atoms with van der Waals surface area (Å²) in [6.45, 7) is 7.67. The number of carbonyl (C=O) groups excluding carboxylic acids is 2. The molecule has 0 bridgehead atoms. The molecule has 2 rings (SSSR count). The molecule has 2 atom stereocenters. The summed E-state index contributed by atoms with van der Waals surface area (Å²) < 4.78 is 1.75. The van der Waals surface area contributed by atoms with Crippen LogP contribution in [0.15, 0.2) is 6.20 Å². The van der Waals surface area contributed by atoms with Crippen LogP contribution in [0.5, 0.6) is 0 Å². The Hall–Kier alpha value is -1.96. The van der Waals surface area contributed by atoms with Gasteiger partial charge in [0.25, 0.3) is 0 Å². The summed E-state index contributed by atoms with van der Waals surface area (Å²) in [7, 11) is 0. The molecule has 0 aromatic carbocycles. The van der Waals surface area contributed by atoms with Crippen molar-refractivity contribution in [3.05, 3.63) is 11.9 Å². The summed E-state index contributed by atoms with van der Waals surface area (Å²) in [5.41, 5.74) is 6.62. The predicted octanol–water partition coefficient (Wildman–Crippen LogP) is 5.18. The molecule has 1 aliphatic heterocycles. The molecule has 0 radical (unpaired) electrons. The summed E-state index contributed by atoms with van der Waals surface area (Å²) in [4.78, 5) is 27.2. The Morgan fingerprint density at radius 1 is 0.973 bits per heavy atom. The number of nitrogens with zero attached hydrogens (tertiary/aromatic N) is 4. The van der Waals surface area contributed by atoms with Crippen molar-refractivity contribution in [3.8, 4) is 0 Å². The lowest BCUT2D eigenvalue weighted by Crippen LogP contribution is -2.35. The topological polar surface area (TPSA) is 106 Å². The Balaban J connectivity index is 1.55. The number of hydrogen-bond acceptors (Lipinski definition) is 5. The van der Waals surface area contributed by atoms with Gasteiger partial charge in [-0.05, 0) is 70.3 Å². The van der Waals surface area contributed by atoms with E-state index in [0.29, 0.717) is 24.9 Å². The average Bonchev–Trinajstić information content (AvgIpc) is 3.37. The average molecular weight is 519 g/mol. The number of nitrogens with two attached hydrogens (primary N) is 1. The van der Waals surface area contributed by atoms with Crippen LogP contribution in [0.3, 0.4) is 0 Å². The first kappa shape index (κ1) is 31.3. The Bertz CT molecular complexity index is 747. The lowest BCUT2D eigenvalue weighted by Gasteiger charge is -2.26. The SMILES string of the molecule is CC[C@H](C)Cc1cn([C@@H](CCCCN)C(=O)NCCCCCCCCCCC(=O)N2CCCCC2)nn1. The largest absolute Gasteiger partial charge is 0.354 e. The second kappa shape index (κ2) is 19.2. The molecule has 0 unspecified atom stereocenters. The van der Waals surface area contributed by atoms with E-state index in [-0.39, 0.29) is 11.9 Å². The van der Waals surface area contributed by atoms with E-state index in [0.717, 1.165) is 83.0 Å². The second-order valence-electron chi connectivity index (χ2n) is 11.0. The molecule has 2 heterocycles. The molecular weight excluding hydrogens is 464 g/mol. The second-order valence-corrected chi connectivity index (χ2v) is 11.0. The molecule has 0 aliphatic carbocycles. The Morgan fingerprint density at radius 3 is 2.32 bits per heavy atom. The van der Waals surface area contributed by atoms with E-state index in [1.165, 1.54) is 44.9 Å². The van der Waals surface area contributed by atoms with Crippen molar-refractivity contribution in [1.82, 2.24) is 25.2 Å². The molecule has 212 valence electrons. The number of amides is 2. The number of likely N-dealkylation sites (tertiary alicyclic amines) is 1. The standard InChI is InChI=1S/C29H54N6O2/c1-3-25(2)23-26-24-35(33-32-26)27(17-12-13-19-30)29(37)31-20-14-9-7-5-4-6-8-11-18-28(36)34-21-15-10-16-22-34/h24-25,27H,3-23,30H2,1-2H3,(H,31,37)/t25-,27-/m0/s1. The van der Waals surface area contributed by atoms with Gasteiger partial charge < -0.3 is 16.0 Å². The molecule has 2 amide bonds. The normalized spacial score (nSPS) is 15.5. The van der Waals surface area contributed by atoms with Gasteiger partial charge in [0.05, 0.1) is 5.69 Å². The summed E-state index contributed by atoms with van der Waals surface area (Å²) in [5.74, 6) is 0.957. The van der Waals surface area contributed by atoms with Gasteiger partial charge in [0, 0.05) is 32.3 Å². The Kier molecular flexibility index (Phi) is 16.2. The zero-order chi connectivity index (χ0) is 26.7. The van der Waals surface area contributed by atoms with Gasteiger partial charge in [0.1, 0.15) is 6.04 Å². The van der Waals surface area contributed by atoms with Crippen LogP contribution < -0.4 is 11.1 Å². The molecule has 1 aromatic rings. The minimum atomic E-state index is -0.313. The first-order chi connectivity index (χ1) is 18.0. The highest BCUT2D eigenvalue weighted by Crippen LogP contribution is 2.17. The lowest BCUT2D eigenvalue weighted by atomic mass is 10.0. The molecule has 1 aromatic heterocycles. The van der Waals surface area contributed by atoms with Gasteiger partial charge in [0.15, 0.2) is 0 Å². The van der Waals surface area contributed by atoms with E-state index < -0.39 is 0 Å². The lowest BCUT2D eigenvalue weighted by molar-refractivity contribution is -0.132. The summed E-state index contributed by atoms with van der Waals surface area (Å²) in [6.07, 6.45) is 20.0. The van der Waals surface area contributed by atoms with Gasteiger partial charge in [-0.3, -0.25) is 9.59 Å². The molecule has 0 saturated carbocycles. The number of hydrogen-bond donors (Lipinski definition) is 2. The zero-order valence-corrected chi connectivity index (χ0v) is 23.8. The molecule has 3 N–H and O–H groups in total. The zero-order valence-electron chi connectivity index (χ0n) is 23.8. The van der Waals surface area contributed by atoms with E-state index in [9.17, 15) is 9.59 Å². The van der Waals surface area contributed by atoms with E-state index in [4.69, 9.17) is 5.73 Å². The van der Waals surface area contributed by atoms with E-state index in [1.54, 1.807) is 4.68 Å². The van der Waals surface area contributed by atoms with Crippen molar-refractivity contribution in [2.75, 3.05) is 26.2 Å². The number of aromatic nitrogens is 3. The van der Waals surface area contributed by atoms with E-state index in [2.05, 4.69) is 34.4 Å². The molecule has 1 saturated heterocycles. The van der Waals surface area contributed by atoms with Crippen molar-refractivity contribution in [2.24, 2.45) is 11.7 Å². The van der Waals surface area contributed by atoms with Gasteiger partial charge in [-0.25, -0.2) is 4.68 Å². The molecule has 37 heavy (non-hydrogen) atoms. The van der Waals surface area contributed by atoms with Crippen molar-refractivity contribution < 1.29 is 9.59 Å². The quantitative estimate of drug-likeness (QED) is 0.231. The van der Waals surface area contributed by atoms with E-state index in [1.807, 2.05) is 6.20 Å². The van der Waals surface area contributed by atoms with Crippen LogP contribution >= 0.6 is 0 Å². The summed E-state index contributed by atoms with van der Waals surface area (Å²) in [5, 5.41) is 11.7. The fraction of sp³-hybridized carbons (Fsp3) is 0.862. The van der Waals surface area contributed by atoms with Crippen LogP contribution in [0.25, 0.3) is 0 Å². The van der Waals surface area contributed by atoms with Crippen LogP contribution in [0.4, 0.5) is 0 Å². The Labute approximate surface area is 225 Å². The minimum absolute atomic E-state index is 0.0381. The summed E-state index contributed by atoms with van der Waals surface area (Å²) >= 11 is 0. The smallest absolute Gasteiger partial charge is 0.244 e. The summed E-state index contributed by atoms with van der Waals surface area (Å²) in [6, 6.07) is -0.313. The van der Waals surface area contributed by atoms with E-state index >= 15 is 0 Å². The van der Waals surface area contributed by atoms with Crippen molar-refractivity contribution >= 4 is 11.8 Å².